The van der Waals surface area contributed by atoms with Crippen molar-refractivity contribution in [3.8, 4) is 0 Å². The number of benzene rings is 2. The van der Waals surface area contributed by atoms with E-state index >= 15 is 0 Å². The second-order valence-electron chi connectivity index (χ2n) is 6.83. The number of hydrogen-bond acceptors (Lipinski definition) is 3. The van der Waals surface area contributed by atoms with Crippen LogP contribution >= 0.6 is 0 Å². The molecule has 0 saturated carbocycles. The molecule has 1 aromatic heterocycles. The van der Waals surface area contributed by atoms with Gasteiger partial charge in [0.25, 0.3) is 0 Å². The maximum absolute atomic E-state index is 14.2. The first-order chi connectivity index (χ1) is 12.3. The number of fused-ring (bicyclic) bond motifs is 1. The van der Waals surface area contributed by atoms with Gasteiger partial charge in [0.05, 0.1) is 22.5 Å². The molecule has 0 saturated heterocycles. The minimum Gasteiger partial charge on any atom is -0.390 e. The molecule has 0 unspecified atom stereocenters. The number of H-pyrrole nitrogens is 1. The van der Waals surface area contributed by atoms with Gasteiger partial charge in [0.2, 0.25) is 0 Å². The molecule has 6 heteroatoms. The van der Waals surface area contributed by atoms with Crippen LogP contribution in [0.2, 0.25) is 0 Å². The van der Waals surface area contributed by atoms with E-state index in [9.17, 15) is 13.9 Å². The highest BCUT2D eigenvalue weighted by Crippen LogP contribution is 2.26. The second kappa shape index (κ2) is 7.25. The summed E-state index contributed by atoms with van der Waals surface area (Å²) in [6, 6.07) is 9.48. The van der Waals surface area contributed by atoms with Gasteiger partial charge in [0.1, 0.15) is 11.6 Å². The molecule has 0 amide bonds. The zero-order valence-electron chi connectivity index (χ0n) is 14.7. The molecule has 0 spiro atoms. The number of rotatable bonds is 6. The van der Waals surface area contributed by atoms with Crippen LogP contribution in [0.5, 0.6) is 0 Å². The van der Waals surface area contributed by atoms with Gasteiger partial charge in [-0.1, -0.05) is 18.2 Å². The Balaban J connectivity index is 1.86. The Kier molecular flexibility index (Phi) is 5.04. The Morgan fingerprint density at radius 3 is 2.65 bits per heavy atom. The molecule has 3 aromatic rings. The molecule has 2 aromatic carbocycles. The first kappa shape index (κ1) is 18.1. The van der Waals surface area contributed by atoms with Gasteiger partial charge in [-0.2, -0.15) is 5.10 Å². The van der Waals surface area contributed by atoms with Crippen molar-refractivity contribution >= 4 is 28.7 Å². The van der Waals surface area contributed by atoms with E-state index in [0.29, 0.717) is 35.4 Å². The number of aromatic nitrogens is 2. The third-order valence-electron chi connectivity index (χ3n) is 4.06. The molecule has 1 heterocycles. The third-order valence-corrected chi connectivity index (χ3v) is 4.06. The maximum Gasteiger partial charge on any atom is 0.148 e. The van der Waals surface area contributed by atoms with Crippen molar-refractivity contribution in [2.75, 3.05) is 11.9 Å². The number of halogens is 2. The molecule has 4 nitrogen and oxygen atoms in total. The van der Waals surface area contributed by atoms with E-state index in [1.165, 1.54) is 12.1 Å². The molecule has 0 fully saturated rings. The summed E-state index contributed by atoms with van der Waals surface area (Å²) in [5, 5.41) is 20.4. The lowest BCUT2D eigenvalue weighted by Gasteiger charge is -2.17. The van der Waals surface area contributed by atoms with Gasteiger partial charge in [-0.15, -0.1) is 0 Å². The normalized spacial score (nSPS) is 12.2. The lowest BCUT2D eigenvalue weighted by Crippen LogP contribution is -2.22. The third kappa shape index (κ3) is 4.26. The van der Waals surface area contributed by atoms with Crippen molar-refractivity contribution in [3.05, 3.63) is 59.3 Å². The molecule has 26 heavy (non-hydrogen) atoms. The smallest absolute Gasteiger partial charge is 0.148 e. The number of hydrogen-bond donors (Lipinski definition) is 3. The van der Waals surface area contributed by atoms with Gasteiger partial charge < -0.3 is 10.4 Å². The average Bonchev–Trinajstić information content (AvgIpc) is 2.95. The standard InChI is InChI=1S/C20H21F2N3O/c1-20(2,26)9-10-23-19-11-14-17(24-25-18(14)12-16(19)22)8-7-13-5-3-4-6-15(13)21/h3-8,11-12,23,26H,9-10H2,1-2H3,(H,24,25)/b8-7+. The number of aliphatic hydroxyl groups is 1. The predicted molar refractivity (Wildman–Crippen MR) is 101 cm³/mol. The largest absolute Gasteiger partial charge is 0.390 e. The Labute approximate surface area is 150 Å². The summed E-state index contributed by atoms with van der Waals surface area (Å²) < 4.78 is 27.9. The first-order valence-corrected chi connectivity index (χ1v) is 8.40. The summed E-state index contributed by atoms with van der Waals surface area (Å²) in [6.07, 6.45) is 3.81. The zero-order valence-corrected chi connectivity index (χ0v) is 14.7. The van der Waals surface area contributed by atoms with Crippen LogP contribution in [0.3, 0.4) is 0 Å². The maximum atomic E-state index is 14.2. The van der Waals surface area contributed by atoms with E-state index < -0.39 is 11.4 Å². The van der Waals surface area contributed by atoms with E-state index in [1.54, 1.807) is 50.3 Å². The van der Waals surface area contributed by atoms with Crippen LogP contribution in [0.15, 0.2) is 36.4 Å². The monoisotopic (exact) mass is 357 g/mol. The summed E-state index contributed by atoms with van der Waals surface area (Å²) in [4.78, 5) is 0. The van der Waals surface area contributed by atoms with E-state index in [1.807, 2.05) is 0 Å². The van der Waals surface area contributed by atoms with Gasteiger partial charge in [-0.05, 0) is 44.6 Å². The number of nitrogens with zero attached hydrogens (tertiary/aromatic N) is 1. The Morgan fingerprint density at radius 2 is 1.92 bits per heavy atom. The molecule has 3 N–H and O–H groups in total. The van der Waals surface area contributed by atoms with Crippen LogP contribution in [0.4, 0.5) is 14.5 Å². The summed E-state index contributed by atoms with van der Waals surface area (Å²) in [7, 11) is 0. The van der Waals surface area contributed by atoms with E-state index in [0.717, 1.165) is 5.39 Å². The summed E-state index contributed by atoms with van der Waals surface area (Å²) in [5.41, 5.74) is 1.12. The summed E-state index contributed by atoms with van der Waals surface area (Å²) >= 11 is 0. The van der Waals surface area contributed by atoms with Gasteiger partial charge in [0.15, 0.2) is 0 Å². The highest BCUT2D eigenvalue weighted by atomic mass is 19.1. The van der Waals surface area contributed by atoms with Crippen molar-refractivity contribution in [3.63, 3.8) is 0 Å². The van der Waals surface area contributed by atoms with Crippen LogP contribution in [-0.4, -0.2) is 27.4 Å². The van der Waals surface area contributed by atoms with Gasteiger partial charge in [0, 0.05) is 23.6 Å². The molecular weight excluding hydrogens is 336 g/mol. The van der Waals surface area contributed by atoms with Crippen molar-refractivity contribution < 1.29 is 13.9 Å². The molecule has 136 valence electrons. The highest BCUT2D eigenvalue weighted by Gasteiger charge is 2.13. The Morgan fingerprint density at radius 1 is 1.15 bits per heavy atom. The summed E-state index contributed by atoms with van der Waals surface area (Å²) in [6.45, 7) is 3.84. The molecule has 0 radical (unpaired) electrons. The van der Waals surface area contributed by atoms with Crippen molar-refractivity contribution in [1.82, 2.24) is 10.2 Å². The minimum atomic E-state index is -0.823. The van der Waals surface area contributed by atoms with Crippen LogP contribution in [-0.2, 0) is 0 Å². The van der Waals surface area contributed by atoms with E-state index in [-0.39, 0.29) is 5.82 Å². The SMILES string of the molecule is CC(C)(O)CCNc1cc2c(/C=C/c3ccccc3F)n[nH]c2cc1F. The fourth-order valence-electron chi connectivity index (χ4n) is 2.60. The zero-order chi connectivity index (χ0) is 18.7. The van der Waals surface area contributed by atoms with Crippen molar-refractivity contribution in [2.45, 2.75) is 25.9 Å². The molecule has 0 atom stereocenters. The molecule has 0 aliphatic heterocycles. The lowest BCUT2D eigenvalue weighted by atomic mass is 10.1. The molecule has 3 rings (SSSR count). The molecule has 0 aliphatic rings. The van der Waals surface area contributed by atoms with Crippen LogP contribution < -0.4 is 5.32 Å². The molecule has 0 bridgehead atoms. The topological polar surface area (TPSA) is 60.9 Å². The Bertz CT molecular complexity index is 942. The average molecular weight is 357 g/mol. The van der Waals surface area contributed by atoms with Crippen LogP contribution in [0, 0.1) is 11.6 Å². The molecule has 0 aliphatic carbocycles. The summed E-state index contributed by atoms with van der Waals surface area (Å²) in [5.74, 6) is -0.717. The van der Waals surface area contributed by atoms with Crippen molar-refractivity contribution in [1.29, 1.82) is 0 Å². The van der Waals surface area contributed by atoms with Crippen LogP contribution in [0.25, 0.3) is 23.1 Å². The second-order valence-corrected chi connectivity index (χ2v) is 6.83. The Hall–Kier alpha value is -2.73. The predicted octanol–water partition coefficient (Wildman–Crippen LogP) is 4.58. The first-order valence-electron chi connectivity index (χ1n) is 8.40. The number of aromatic amines is 1. The van der Waals surface area contributed by atoms with Gasteiger partial charge >= 0.3 is 0 Å². The lowest BCUT2D eigenvalue weighted by molar-refractivity contribution is 0.0748. The van der Waals surface area contributed by atoms with Crippen LogP contribution in [0.1, 0.15) is 31.5 Å². The quantitative estimate of drug-likeness (QED) is 0.605. The van der Waals surface area contributed by atoms with E-state index in [2.05, 4.69) is 15.5 Å². The minimum absolute atomic E-state index is 0.316. The van der Waals surface area contributed by atoms with Gasteiger partial charge in [-0.25, -0.2) is 8.78 Å². The number of nitrogens with one attached hydrogen (secondary N) is 2. The van der Waals surface area contributed by atoms with Gasteiger partial charge in [-0.3, -0.25) is 5.10 Å². The van der Waals surface area contributed by atoms with E-state index in [4.69, 9.17) is 0 Å². The fourth-order valence-corrected chi connectivity index (χ4v) is 2.60. The molecular formula is C20H21F2N3O. The highest BCUT2D eigenvalue weighted by molar-refractivity contribution is 5.91. The van der Waals surface area contributed by atoms with Crippen molar-refractivity contribution in [2.24, 2.45) is 0 Å². The fraction of sp³-hybridized carbons (Fsp3) is 0.250. The number of anilines is 1.